The molecule has 4 atom stereocenters. The van der Waals surface area contributed by atoms with Gasteiger partial charge >= 0.3 is 0 Å². The van der Waals surface area contributed by atoms with Crippen molar-refractivity contribution in [2.24, 2.45) is 5.92 Å². The first-order valence-electron chi connectivity index (χ1n) is 12.2. The van der Waals surface area contributed by atoms with Crippen molar-refractivity contribution >= 4 is 29.0 Å². The van der Waals surface area contributed by atoms with E-state index < -0.39 is 16.9 Å². The van der Waals surface area contributed by atoms with E-state index in [0.29, 0.717) is 12.1 Å². The van der Waals surface area contributed by atoms with Gasteiger partial charge in [-0.3, -0.25) is 19.3 Å². The number of benzene rings is 3. The van der Waals surface area contributed by atoms with Gasteiger partial charge in [0.25, 0.3) is 0 Å². The number of nitrogens with zero attached hydrogens (tertiary/aromatic N) is 1. The van der Waals surface area contributed by atoms with Gasteiger partial charge in [-0.15, -0.1) is 0 Å². The van der Waals surface area contributed by atoms with E-state index in [1.54, 1.807) is 12.1 Å². The monoisotopic (exact) mass is 463 g/mol. The Balaban J connectivity index is 1.60. The molecular weight excluding hydrogens is 438 g/mol. The summed E-state index contributed by atoms with van der Waals surface area (Å²) in [4.78, 5) is 45.1. The SMILES string of the molecule is Cc1ccc2c(c1)[C@]1(C(=O)N2)[C@@H](C(=O)c2ccccc2)[C@]2(C(=O)Nc3ccccc32)[C@@H]2CCCN21. The molecule has 0 aromatic heterocycles. The predicted octanol–water partition coefficient (Wildman–Crippen LogP) is 4.01. The number of carbonyl (C=O) groups excluding carboxylic acids is 3. The molecule has 6 nitrogen and oxygen atoms in total. The van der Waals surface area contributed by atoms with Crippen LogP contribution in [0.2, 0.25) is 0 Å². The average Bonchev–Trinajstić information content (AvgIpc) is 3.59. The van der Waals surface area contributed by atoms with Crippen molar-refractivity contribution in [3.63, 3.8) is 0 Å². The Kier molecular flexibility index (Phi) is 4.05. The highest BCUT2D eigenvalue weighted by molar-refractivity contribution is 6.18. The minimum atomic E-state index is -1.26. The lowest BCUT2D eigenvalue weighted by molar-refractivity contribution is -0.128. The highest BCUT2D eigenvalue weighted by Gasteiger charge is 2.78. The lowest BCUT2D eigenvalue weighted by Crippen LogP contribution is -2.55. The summed E-state index contributed by atoms with van der Waals surface area (Å²) < 4.78 is 0. The van der Waals surface area contributed by atoms with Gasteiger partial charge in [0.05, 0.1) is 5.92 Å². The normalized spacial score (nSPS) is 30.3. The van der Waals surface area contributed by atoms with Gasteiger partial charge in [-0.05, 0) is 44.0 Å². The predicted molar refractivity (Wildman–Crippen MR) is 132 cm³/mol. The summed E-state index contributed by atoms with van der Waals surface area (Å²) in [6.45, 7) is 2.65. The van der Waals surface area contributed by atoms with Crippen LogP contribution in [0.1, 0.15) is 39.9 Å². The van der Waals surface area contributed by atoms with Gasteiger partial charge in [-0.2, -0.15) is 0 Å². The third kappa shape index (κ3) is 2.31. The molecule has 2 N–H and O–H groups in total. The molecule has 2 amide bonds. The number of para-hydroxylation sites is 1. The third-order valence-electron chi connectivity index (χ3n) is 8.60. The van der Waals surface area contributed by atoms with E-state index in [2.05, 4.69) is 15.5 Å². The largest absolute Gasteiger partial charge is 0.325 e. The maximum Gasteiger partial charge on any atom is 0.250 e. The third-order valence-corrected chi connectivity index (χ3v) is 8.60. The van der Waals surface area contributed by atoms with E-state index in [4.69, 9.17) is 0 Å². The lowest BCUT2D eigenvalue weighted by Gasteiger charge is -2.38. The van der Waals surface area contributed by atoms with Crippen LogP contribution in [-0.2, 0) is 20.5 Å². The van der Waals surface area contributed by atoms with Crippen LogP contribution in [0.15, 0.2) is 72.8 Å². The van der Waals surface area contributed by atoms with Crippen molar-refractivity contribution in [2.75, 3.05) is 17.2 Å². The molecule has 6 heteroatoms. The van der Waals surface area contributed by atoms with Crippen LogP contribution in [-0.4, -0.2) is 35.1 Å². The van der Waals surface area contributed by atoms with E-state index in [1.807, 2.05) is 67.6 Å². The van der Waals surface area contributed by atoms with Crippen LogP contribution in [0, 0.1) is 12.8 Å². The summed E-state index contributed by atoms with van der Waals surface area (Å²) in [6.07, 6.45) is 1.61. The molecule has 4 aliphatic rings. The van der Waals surface area contributed by atoms with Crippen molar-refractivity contribution in [3.8, 4) is 0 Å². The highest BCUT2D eigenvalue weighted by atomic mass is 16.2. The zero-order chi connectivity index (χ0) is 23.9. The second kappa shape index (κ2) is 6.89. The van der Waals surface area contributed by atoms with Crippen molar-refractivity contribution in [1.29, 1.82) is 0 Å². The van der Waals surface area contributed by atoms with E-state index in [9.17, 15) is 14.4 Å². The Morgan fingerprint density at radius 2 is 1.60 bits per heavy atom. The molecule has 3 aromatic carbocycles. The second-order valence-electron chi connectivity index (χ2n) is 10.2. The summed E-state index contributed by atoms with van der Waals surface area (Å²) in [5.41, 5.74) is 2.19. The summed E-state index contributed by atoms with van der Waals surface area (Å²) in [5, 5.41) is 6.17. The van der Waals surface area contributed by atoms with E-state index in [-0.39, 0.29) is 23.6 Å². The van der Waals surface area contributed by atoms with Crippen LogP contribution in [0.3, 0.4) is 0 Å². The minimum absolute atomic E-state index is 0.170. The fourth-order valence-corrected chi connectivity index (χ4v) is 7.43. The number of fused-ring (bicyclic) bond motifs is 7. The van der Waals surface area contributed by atoms with E-state index >= 15 is 0 Å². The van der Waals surface area contributed by atoms with Crippen molar-refractivity contribution in [3.05, 3.63) is 95.1 Å². The lowest BCUT2D eigenvalue weighted by atomic mass is 9.60. The van der Waals surface area contributed by atoms with Crippen LogP contribution in [0.25, 0.3) is 0 Å². The molecule has 2 saturated heterocycles. The summed E-state index contributed by atoms with van der Waals surface area (Å²) in [6, 6.07) is 22.4. The van der Waals surface area contributed by atoms with Crippen LogP contribution in [0.5, 0.6) is 0 Å². The number of rotatable bonds is 2. The standard InChI is InChI=1S/C29H25N3O3/c1-17-13-14-22-20(16-17)29(27(35)31-22)25(24(33)18-8-3-2-4-9-18)28(23-12-7-15-32(23)29)19-10-5-6-11-21(19)30-26(28)34/h2-6,8-11,13-14,16,23,25H,7,12,15H2,1H3,(H,30,34)(H,31,35)/t23-,25-,28+,29+/m0/s1. The van der Waals surface area contributed by atoms with E-state index in [0.717, 1.165) is 40.9 Å². The molecule has 0 bridgehead atoms. The molecule has 174 valence electrons. The van der Waals surface area contributed by atoms with Gasteiger partial charge < -0.3 is 10.6 Å². The number of ketones is 1. The molecule has 2 fully saturated rings. The average molecular weight is 464 g/mol. The molecule has 2 spiro atoms. The fourth-order valence-electron chi connectivity index (χ4n) is 7.43. The van der Waals surface area contributed by atoms with Gasteiger partial charge in [0.15, 0.2) is 5.78 Å². The quantitative estimate of drug-likeness (QED) is 0.563. The molecule has 0 unspecified atom stereocenters. The summed E-state index contributed by atoms with van der Waals surface area (Å²) >= 11 is 0. The molecule has 4 heterocycles. The van der Waals surface area contributed by atoms with Gasteiger partial charge in [0.1, 0.15) is 11.0 Å². The molecule has 4 aliphatic heterocycles. The number of Topliss-reactive ketones (excluding diaryl/α,β-unsaturated/α-hetero) is 1. The zero-order valence-electron chi connectivity index (χ0n) is 19.4. The summed E-state index contributed by atoms with van der Waals surface area (Å²) in [5.74, 6) is -1.48. The number of amides is 2. The first-order valence-corrected chi connectivity index (χ1v) is 12.2. The molecular formula is C29H25N3O3. The Morgan fingerprint density at radius 3 is 2.43 bits per heavy atom. The topological polar surface area (TPSA) is 78.5 Å². The Hall–Kier alpha value is -3.77. The highest BCUT2D eigenvalue weighted by Crippen LogP contribution is 2.66. The molecule has 7 rings (SSSR count). The van der Waals surface area contributed by atoms with Crippen LogP contribution >= 0.6 is 0 Å². The van der Waals surface area contributed by atoms with Crippen molar-refractivity contribution in [1.82, 2.24) is 4.90 Å². The minimum Gasteiger partial charge on any atom is -0.325 e. The number of carbonyl (C=O) groups is 3. The van der Waals surface area contributed by atoms with Crippen molar-refractivity contribution < 1.29 is 14.4 Å². The van der Waals surface area contributed by atoms with Crippen molar-refractivity contribution in [2.45, 2.75) is 36.8 Å². The Bertz CT molecular complexity index is 1430. The van der Waals surface area contributed by atoms with Gasteiger partial charge in [-0.25, -0.2) is 0 Å². The molecule has 0 saturated carbocycles. The van der Waals surface area contributed by atoms with E-state index in [1.165, 1.54) is 0 Å². The number of aryl methyl sites for hydroxylation is 1. The maximum absolute atomic E-state index is 14.6. The summed E-state index contributed by atoms with van der Waals surface area (Å²) in [7, 11) is 0. The Morgan fingerprint density at radius 1 is 0.886 bits per heavy atom. The first-order chi connectivity index (χ1) is 17.0. The smallest absolute Gasteiger partial charge is 0.250 e. The zero-order valence-corrected chi connectivity index (χ0v) is 19.4. The molecule has 3 aromatic rings. The van der Waals surface area contributed by atoms with Gasteiger partial charge in [0, 0.05) is 28.5 Å². The van der Waals surface area contributed by atoms with Gasteiger partial charge in [0.2, 0.25) is 11.8 Å². The number of nitrogens with one attached hydrogen (secondary N) is 2. The molecule has 0 aliphatic carbocycles. The number of anilines is 2. The van der Waals surface area contributed by atoms with Crippen LogP contribution in [0.4, 0.5) is 11.4 Å². The van der Waals surface area contributed by atoms with Crippen LogP contribution < -0.4 is 10.6 Å². The molecule has 35 heavy (non-hydrogen) atoms. The second-order valence-corrected chi connectivity index (χ2v) is 10.2. The molecule has 0 radical (unpaired) electrons. The maximum atomic E-state index is 14.6. The van der Waals surface area contributed by atoms with Gasteiger partial charge in [-0.1, -0.05) is 66.2 Å². The Labute approximate surface area is 203 Å². The first kappa shape index (κ1) is 20.6. The number of hydrogen-bond acceptors (Lipinski definition) is 4. The number of hydrogen-bond donors (Lipinski definition) is 2. The fraction of sp³-hybridized carbons (Fsp3) is 0.276.